The van der Waals surface area contributed by atoms with Gasteiger partial charge in [-0.1, -0.05) is 176 Å². The molecule has 0 radical (unpaired) electrons. The predicted octanol–water partition coefficient (Wildman–Crippen LogP) is 15.7. The Morgan fingerprint density at radius 2 is 0.883 bits per heavy atom. The molecule has 3 heterocycles. The standard InChI is InChI=1S/C56H31N3S/c1-3-15-36-32(13-1)25-26-34-27-28-35(31-46(34)36)51-50-40-19-7-5-17-38(40)39-18-6-10-22-43(39)52(50)58-56(57-51)59-53-37-16-4-2-14-33(37)29-30-45(53)48-41-20-8-9-21-42(41)49-44-23-11-12-24-47(44)60-55(49)54(48)59/h1-31H. The summed E-state index contributed by atoms with van der Waals surface area (Å²) in [6.07, 6.45) is 0. The van der Waals surface area contributed by atoms with Crippen LogP contribution in [0.1, 0.15) is 0 Å². The number of benzene rings is 11. The van der Waals surface area contributed by atoms with E-state index in [0.29, 0.717) is 5.95 Å². The third-order valence-corrected chi connectivity index (χ3v) is 14.1. The lowest BCUT2D eigenvalue weighted by Crippen LogP contribution is -2.05. The summed E-state index contributed by atoms with van der Waals surface area (Å²) < 4.78 is 4.93. The minimum absolute atomic E-state index is 0.668. The van der Waals surface area contributed by atoms with E-state index in [1.54, 1.807) is 0 Å². The Kier molecular flexibility index (Phi) is 6.44. The van der Waals surface area contributed by atoms with Crippen LogP contribution in [0.3, 0.4) is 0 Å². The first-order valence-electron chi connectivity index (χ1n) is 20.5. The molecule has 14 rings (SSSR count). The van der Waals surface area contributed by atoms with Gasteiger partial charge in [0.05, 0.1) is 26.9 Å². The van der Waals surface area contributed by atoms with Crippen molar-refractivity contribution in [1.82, 2.24) is 14.5 Å². The van der Waals surface area contributed by atoms with Gasteiger partial charge in [0.2, 0.25) is 5.95 Å². The molecule has 4 heteroatoms. The van der Waals surface area contributed by atoms with E-state index in [9.17, 15) is 0 Å². The molecule has 0 unspecified atom stereocenters. The second-order valence-electron chi connectivity index (χ2n) is 16.0. The van der Waals surface area contributed by atoms with Crippen molar-refractivity contribution in [3.8, 4) is 17.2 Å². The molecule has 11 aromatic carbocycles. The number of hydrogen-bond donors (Lipinski definition) is 0. The van der Waals surface area contributed by atoms with Crippen LogP contribution in [0, 0.1) is 0 Å². The van der Waals surface area contributed by atoms with Crippen LogP contribution >= 0.6 is 11.3 Å². The van der Waals surface area contributed by atoms with Crippen molar-refractivity contribution in [3.05, 3.63) is 188 Å². The minimum atomic E-state index is 0.668. The van der Waals surface area contributed by atoms with E-state index in [4.69, 9.17) is 9.97 Å². The van der Waals surface area contributed by atoms with Crippen LogP contribution in [0.5, 0.6) is 0 Å². The number of hydrogen-bond acceptors (Lipinski definition) is 3. The zero-order chi connectivity index (χ0) is 39.1. The monoisotopic (exact) mass is 777 g/mol. The van der Waals surface area contributed by atoms with Crippen LogP contribution in [0.25, 0.3) is 135 Å². The first-order valence-corrected chi connectivity index (χ1v) is 21.3. The van der Waals surface area contributed by atoms with Crippen LogP contribution in [-0.4, -0.2) is 14.5 Å². The summed E-state index contributed by atoms with van der Waals surface area (Å²) in [7, 11) is 0. The van der Waals surface area contributed by atoms with Gasteiger partial charge >= 0.3 is 0 Å². The number of nitrogens with zero attached hydrogens (tertiary/aromatic N) is 3. The fraction of sp³-hybridized carbons (Fsp3) is 0. The Bertz CT molecular complexity index is 4190. The van der Waals surface area contributed by atoms with Gasteiger partial charge in [0, 0.05) is 48.0 Å². The van der Waals surface area contributed by atoms with E-state index >= 15 is 0 Å². The van der Waals surface area contributed by atoms with E-state index in [2.05, 4.69) is 193 Å². The second-order valence-corrected chi connectivity index (χ2v) is 17.1. The van der Waals surface area contributed by atoms with Gasteiger partial charge in [-0.3, -0.25) is 4.57 Å². The summed E-state index contributed by atoms with van der Waals surface area (Å²) in [5, 5.41) is 20.5. The van der Waals surface area contributed by atoms with E-state index in [0.717, 1.165) is 44.0 Å². The highest BCUT2D eigenvalue weighted by atomic mass is 32.1. The van der Waals surface area contributed by atoms with Crippen LogP contribution in [0.15, 0.2) is 188 Å². The van der Waals surface area contributed by atoms with Crippen LogP contribution in [0.2, 0.25) is 0 Å². The highest BCUT2D eigenvalue weighted by Crippen LogP contribution is 2.49. The highest BCUT2D eigenvalue weighted by molar-refractivity contribution is 7.27. The number of fused-ring (bicyclic) bond motifs is 21. The average Bonchev–Trinajstić information content (AvgIpc) is 3.89. The third-order valence-electron chi connectivity index (χ3n) is 12.9. The van der Waals surface area contributed by atoms with Gasteiger partial charge < -0.3 is 0 Å². The summed E-state index contributed by atoms with van der Waals surface area (Å²) in [5.74, 6) is 0.668. The summed E-state index contributed by atoms with van der Waals surface area (Å²) in [4.78, 5) is 11.7. The van der Waals surface area contributed by atoms with Gasteiger partial charge in [-0.05, 0) is 66.0 Å². The van der Waals surface area contributed by atoms with Crippen LogP contribution < -0.4 is 0 Å². The minimum Gasteiger partial charge on any atom is -0.276 e. The molecule has 3 nitrogen and oxygen atoms in total. The molecule has 0 saturated carbocycles. The molecule has 0 atom stereocenters. The Balaban J connectivity index is 1.24. The zero-order valence-corrected chi connectivity index (χ0v) is 33.0. The first kappa shape index (κ1) is 32.3. The predicted molar refractivity (Wildman–Crippen MR) is 257 cm³/mol. The third kappa shape index (κ3) is 4.27. The fourth-order valence-electron chi connectivity index (χ4n) is 10.4. The Morgan fingerprint density at radius 1 is 0.350 bits per heavy atom. The first-order chi connectivity index (χ1) is 29.8. The largest absolute Gasteiger partial charge is 0.276 e. The van der Waals surface area contributed by atoms with Gasteiger partial charge in [0.25, 0.3) is 0 Å². The molecule has 0 N–H and O–H groups in total. The normalized spacial score (nSPS) is 12.3. The van der Waals surface area contributed by atoms with Crippen molar-refractivity contribution in [3.63, 3.8) is 0 Å². The lowest BCUT2D eigenvalue weighted by molar-refractivity contribution is 1.02. The SMILES string of the molecule is c1ccc2c(c1)ccc1ccc(-c3nc(-n4c5c6ccccc6ccc5c5c6ccccc6c6c7ccccc7sc6c54)nc4c5ccccc5c5ccccc5c34)cc12. The zero-order valence-electron chi connectivity index (χ0n) is 32.1. The summed E-state index contributed by atoms with van der Waals surface area (Å²) >= 11 is 1.87. The second kappa shape index (κ2) is 12.0. The Morgan fingerprint density at radius 3 is 1.65 bits per heavy atom. The quantitative estimate of drug-likeness (QED) is 0.164. The summed E-state index contributed by atoms with van der Waals surface area (Å²) in [6.45, 7) is 0. The highest BCUT2D eigenvalue weighted by Gasteiger charge is 2.26. The number of rotatable bonds is 2. The van der Waals surface area contributed by atoms with E-state index < -0.39 is 0 Å². The maximum atomic E-state index is 5.86. The Hall–Kier alpha value is -7.66. The van der Waals surface area contributed by atoms with Gasteiger partial charge in [-0.2, -0.15) is 0 Å². The van der Waals surface area contributed by atoms with Crippen molar-refractivity contribution in [2.75, 3.05) is 0 Å². The van der Waals surface area contributed by atoms with E-state index in [1.807, 2.05) is 11.3 Å². The molecule has 0 amide bonds. The maximum absolute atomic E-state index is 5.86. The molecule has 60 heavy (non-hydrogen) atoms. The van der Waals surface area contributed by atoms with Crippen LogP contribution in [-0.2, 0) is 0 Å². The molecule has 276 valence electrons. The molecular formula is C56H31N3S. The van der Waals surface area contributed by atoms with E-state index in [-0.39, 0.29) is 0 Å². The molecule has 3 aromatic heterocycles. The summed E-state index contributed by atoms with van der Waals surface area (Å²) in [6, 6.07) is 68.7. The molecule has 0 fully saturated rings. The van der Waals surface area contributed by atoms with Crippen molar-refractivity contribution < 1.29 is 0 Å². The van der Waals surface area contributed by atoms with Crippen molar-refractivity contribution in [1.29, 1.82) is 0 Å². The van der Waals surface area contributed by atoms with E-state index in [1.165, 1.54) is 84.8 Å². The van der Waals surface area contributed by atoms with Crippen LogP contribution in [0.4, 0.5) is 0 Å². The van der Waals surface area contributed by atoms with Crippen molar-refractivity contribution in [2.24, 2.45) is 0 Å². The van der Waals surface area contributed by atoms with Crippen molar-refractivity contribution in [2.45, 2.75) is 0 Å². The molecule has 14 aromatic rings. The van der Waals surface area contributed by atoms with Gasteiger partial charge in [-0.15, -0.1) is 11.3 Å². The number of aromatic nitrogens is 3. The number of thiophene rings is 1. The molecule has 0 spiro atoms. The molecular weight excluding hydrogens is 747 g/mol. The van der Waals surface area contributed by atoms with Gasteiger partial charge in [0.15, 0.2) is 0 Å². The summed E-state index contributed by atoms with van der Waals surface area (Å²) in [5.41, 5.74) is 5.21. The molecule has 0 bridgehead atoms. The molecule has 0 aliphatic carbocycles. The van der Waals surface area contributed by atoms with Crippen molar-refractivity contribution >= 4 is 129 Å². The van der Waals surface area contributed by atoms with Gasteiger partial charge in [0.1, 0.15) is 0 Å². The lowest BCUT2D eigenvalue weighted by atomic mass is 9.93. The fourth-order valence-corrected chi connectivity index (χ4v) is 11.6. The molecule has 0 aliphatic heterocycles. The lowest BCUT2D eigenvalue weighted by Gasteiger charge is -2.17. The topological polar surface area (TPSA) is 30.7 Å². The smallest absolute Gasteiger partial charge is 0.235 e. The maximum Gasteiger partial charge on any atom is 0.235 e. The average molecular weight is 778 g/mol. The molecule has 0 aliphatic rings. The van der Waals surface area contributed by atoms with Gasteiger partial charge in [-0.25, -0.2) is 9.97 Å². The molecule has 0 saturated heterocycles. The Labute approximate surface area is 347 Å².